The van der Waals surface area contributed by atoms with E-state index in [0.717, 1.165) is 22.9 Å². The molecule has 8 heteroatoms. The summed E-state index contributed by atoms with van der Waals surface area (Å²) in [6.07, 6.45) is 4.98. The summed E-state index contributed by atoms with van der Waals surface area (Å²) in [7, 11) is 0. The van der Waals surface area contributed by atoms with E-state index in [1.807, 2.05) is 12.1 Å². The van der Waals surface area contributed by atoms with Gasteiger partial charge in [-0.3, -0.25) is 4.79 Å². The number of carboxylic acids is 1. The Balaban J connectivity index is 1.74. The van der Waals surface area contributed by atoms with Crippen LogP contribution in [0.2, 0.25) is 0 Å². The van der Waals surface area contributed by atoms with E-state index >= 15 is 0 Å². The van der Waals surface area contributed by atoms with E-state index in [-0.39, 0.29) is 24.2 Å². The molecule has 1 aromatic carbocycles. The molecular formula is C18H20BrN3O3S. The number of nitrogens with one attached hydrogen (secondary N) is 2. The van der Waals surface area contributed by atoms with Crippen LogP contribution in [0.25, 0.3) is 0 Å². The number of hydrogen-bond donors (Lipinski definition) is 4. The van der Waals surface area contributed by atoms with E-state index in [1.54, 1.807) is 6.20 Å². The summed E-state index contributed by atoms with van der Waals surface area (Å²) in [5.41, 5.74) is 3.05. The van der Waals surface area contributed by atoms with Crippen LogP contribution >= 0.6 is 28.6 Å². The average molecular weight is 438 g/mol. The number of fused-ring (bicyclic) bond motifs is 1. The van der Waals surface area contributed by atoms with E-state index in [9.17, 15) is 14.7 Å². The highest BCUT2D eigenvalue weighted by Crippen LogP contribution is 2.40. The zero-order valence-corrected chi connectivity index (χ0v) is 16.5. The Morgan fingerprint density at radius 3 is 2.92 bits per heavy atom. The number of benzene rings is 1. The zero-order valence-electron chi connectivity index (χ0n) is 14.0. The van der Waals surface area contributed by atoms with Gasteiger partial charge in [0.15, 0.2) is 0 Å². The highest BCUT2D eigenvalue weighted by atomic mass is 79.9. The molecule has 1 aliphatic rings. The molecule has 0 aliphatic heterocycles. The van der Waals surface area contributed by atoms with Gasteiger partial charge in [0.25, 0.3) is 0 Å². The Hall–Kier alpha value is -1.80. The molecule has 3 atom stereocenters. The summed E-state index contributed by atoms with van der Waals surface area (Å²) in [6, 6.07) is 5.10. The van der Waals surface area contributed by atoms with Crippen LogP contribution in [-0.4, -0.2) is 38.7 Å². The highest BCUT2D eigenvalue weighted by Gasteiger charge is 2.35. The van der Waals surface area contributed by atoms with Gasteiger partial charge < -0.3 is 15.4 Å². The van der Waals surface area contributed by atoms with Crippen molar-refractivity contribution in [2.45, 2.75) is 31.2 Å². The van der Waals surface area contributed by atoms with E-state index in [2.05, 4.69) is 49.9 Å². The second-order valence-electron chi connectivity index (χ2n) is 6.46. The molecule has 26 heavy (non-hydrogen) atoms. The fourth-order valence-corrected chi connectivity index (χ4v) is 4.35. The molecule has 1 aromatic heterocycles. The van der Waals surface area contributed by atoms with Crippen molar-refractivity contribution in [1.82, 2.24) is 15.3 Å². The number of aromatic nitrogens is 2. The number of rotatable bonds is 7. The summed E-state index contributed by atoms with van der Waals surface area (Å²) >= 11 is 7.85. The molecule has 0 spiro atoms. The number of carbonyl (C=O) groups is 2. The quantitative estimate of drug-likeness (QED) is 0.500. The van der Waals surface area contributed by atoms with E-state index in [4.69, 9.17) is 0 Å². The summed E-state index contributed by atoms with van der Waals surface area (Å²) in [6.45, 7) is 0. The molecule has 0 fully saturated rings. The average Bonchev–Trinajstić information content (AvgIpc) is 3.25. The van der Waals surface area contributed by atoms with Crippen LogP contribution in [0.3, 0.4) is 0 Å². The number of hydrogen-bond acceptors (Lipinski definition) is 4. The molecule has 6 nitrogen and oxygen atoms in total. The van der Waals surface area contributed by atoms with Crippen LogP contribution in [0.15, 0.2) is 35.2 Å². The number of halogens is 1. The standard InChI is InChI=1S/C18H20BrN3O3S/c19-11-2-4-13-10(5-11)1-3-14(13)15(8-26)17(23)22-16(18(24)25)6-12-7-20-9-21-12/h2,4-5,7,9,14-16,26H,1,3,6,8H2,(H,20,21)(H,22,23)(H,24,25)/t14?,15?,16-/m0/s1. The maximum absolute atomic E-state index is 12.8. The monoisotopic (exact) mass is 437 g/mol. The van der Waals surface area contributed by atoms with Crippen molar-refractivity contribution in [1.29, 1.82) is 0 Å². The second kappa shape index (κ2) is 8.26. The molecule has 2 unspecified atom stereocenters. The summed E-state index contributed by atoms with van der Waals surface area (Å²) in [5, 5.41) is 12.1. The minimum Gasteiger partial charge on any atom is -0.480 e. The topological polar surface area (TPSA) is 95.1 Å². The van der Waals surface area contributed by atoms with Crippen LogP contribution in [0.5, 0.6) is 0 Å². The van der Waals surface area contributed by atoms with Crippen LogP contribution < -0.4 is 5.32 Å². The van der Waals surface area contributed by atoms with Crippen molar-refractivity contribution in [2.75, 3.05) is 5.75 Å². The van der Waals surface area contributed by atoms with Crippen molar-refractivity contribution in [3.05, 3.63) is 52.0 Å². The first-order valence-electron chi connectivity index (χ1n) is 8.39. The summed E-state index contributed by atoms with van der Waals surface area (Å²) in [5.74, 6) is -1.29. The predicted octanol–water partition coefficient (Wildman–Crippen LogP) is 2.56. The number of carboxylic acid groups (broad SMARTS) is 1. The zero-order chi connectivity index (χ0) is 18.7. The third kappa shape index (κ3) is 4.12. The van der Waals surface area contributed by atoms with Crippen LogP contribution in [-0.2, 0) is 22.4 Å². The maximum atomic E-state index is 12.8. The Labute approximate surface area is 165 Å². The normalized spacial score (nSPS) is 18.2. The Morgan fingerprint density at radius 1 is 1.46 bits per heavy atom. The Kier molecular flexibility index (Phi) is 6.03. The summed E-state index contributed by atoms with van der Waals surface area (Å²) in [4.78, 5) is 31.1. The number of carbonyl (C=O) groups excluding carboxylic acids is 1. The molecule has 1 heterocycles. The van der Waals surface area contributed by atoms with E-state index in [1.165, 1.54) is 11.9 Å². The van der Waals surface area contributed by atoms with Crippen molar-refractivity contribution in [3.63, 3.8) is 0 Å². The third-order valence-corrected chi connectivity index (χ3v) is 5.73. The van der Waals surface area contributed by atoms with Gasteiger partial charge in [0, 0.05) is 28.5 Å². The number of thiol groups is 1. The highest BCUT2D eigenvalue weighted by molar-refractivity contribution is 9.10. The molecule has 1 amide bonds. The lowest BCUT2D eigenvalue weighted by Crippen LogP contribution is -2.46. The SMILES string of the molecule is O=C(N[C@@H](Cc1cnc[nH]1)C(=O)O)C(CS)C1CCc2cc(Br)ccc21. The van der Waals surface area contributed by atoms with Crippen molar-refractivity contribution < 1.29 is 14.7 Å². The smallest absolute Gasteiger partial charge is 0.326 e. The molecule has 3 N–H and O–H groups in total. The number of aliphatic carboxylic acids is 1. The van der Waals surface area contributed by atoms with Gasteiger partial charge in [-0.25, -0.2) is 9.78 Å². The Morgan fingerprint density at radius 2 is 2.27 bits per heavy atom. The first kappa shape index (κ1) is 19.0. The minimum absolute atomic E-state index is 0.0530. The number of amides is 1. The van der Waals surface area contributed by atoms with Crippen LogP contribution in [0, 0.1) is 5.92 Å². The first-order chi connectivity index (χ1) is 12.5. The molecule has 1 aliphatic carbocycles. The number of nitrogens with zero attached hydrogens (tertiary/aromatic N) is 1. The molecule has 0 radical (unpaired) electrons. The number of aryl methyl sites for hydroxylation is 1. The van der Waals surface area contributed by atoms with Crippen LogP contribution in [0.4, 0.5) is 0 Å². The van der Waals surface area contributed by atoms with Gasteiger partial charge in [0.2, 0.25) is 5.91 Å². The Bertz CT molecular complexity index is 797. The lowest BCUT2D eigenvalue weighted by Gasteiger charge is -2.24. The number of imidazole rings is 1. The molecule has 3 rings (SSSR count). The maximum Gasteiger partial charge on any atom is 0.326 e. The predicted molar refractivity (Wildman–Crippen MR) is 104 cm³/mol. The number of H-pyrrole nitrogens is 1. The molecule has 0 saturated heterocycles. The van der Waals surface area contributed by atoms with Crippen molar-refractivity contribution in [3.8, 4) is 0 Å². The lowest BCUT2D eigenvalue weighted by molar-refractivity contribution is -0.142. The van der Waals surface area contributed by atoms with Crippen molar-refractivity contribution in [2.24, 2.45) is 5.92 Å². The first-order valence-corrected chi connectivity index (χ1v) is 9.81. The fourth-order valence-electron chi connectivity index (χ4n) is 3.52. The van der Waals surface area contributed by atoms with Crippen LogP contribution in [0.1, 0.15) is 29.2 Å². The van der Waals surface area contributed by atoms with Crippen molar-refractivity contribution >= 4 is 40.4 Å². The fraction of sp³-hybridized carbons (Fsp3) is 0.389. The minimum atomic E-state index is -1.07. The van der Waals surface area contributed by atoms with Gasteiger partial charge in [0.1, 0.15) is 6.04 Å². The third-order valence-electron chi connectivity index (χ3n) is 4.84. The summed E-state index contributed by atoms with van der Waals surface area (Å²) < 4.78 is 1.02. The van der Waals surface area contributed by atoms with Gasteiger partial charge in [-0.15, -0.1) is 0 Å². The molecule has 2 aromatic rings. The molecule has 138 valence electrons. The largest absolute Gasteiger partial charge is 0.480 e. The number of aromatic amines is 1. The second-order valence-corrected chi connectivity index (χ2v) is 7.74. The molecule has 0 saturated carbocycles. The van der Waals surface area contributed by atoms with E-state index < -0.39 is 12.0 Å². The van der Waals surface area contributed by atoms with Gasteiger partial charge in [-0.1, -0.05) is 22.0 Å². The van der Waals surface area contributed by atoms with Gasteiger partial charge in [0.05, 0.1) is 12.2 Å². The van der Waals surface area contributed by atoms with Gasteiger partial charge >= 0.3 is 5.97 Å². The van der Waals surface area contributed by atoms with Gasteiger partial charge in [-0.05, 0) is 42.0 Å². The lowest BCUT2D eigenvalue weighted by atomic mass is 9.87. The van der Waals surface area contributed by atoms with Gasteiger partial charge in [-0.2, -0.15) is 12.6 Å². The van der Waals surface area contributed by atoms with E-state index in [0.29, 0.717) is 11.4 Å². The molecular weight excluding hydrogens is 418 g/mol. The molecule has 0 bridgehead atoms.